The van der Waals surface area contributed by atoms with Crippen molar-refractivity contribution < 1.29 is 4.79 Å². The van der Waals surface area contributed by atoms with Gasteiger partial charge in [0.2, 0.25) is 5.91 Å². The predicted molar refractivity (Wildman–Crippen MR) is 68.4 cm³/mol. The Kier molecular flexibility index (Phi) is 5.96. The van der Waals surface area contributed by atoms with Crippen LogP contribution in [0, 0.1) is 0 Å². The molecule has 1 aromatic rings. The van der Waals surface area contributed by atoms with Gasteiger partial charge >= 0.3 is 0 Å². The first-order valence-electron chi connectivity index (χ1n) is 5.76. The van der Waals surface area contributed by atoms with E-state index in [1.165, 1.54) is 0 Å². The molecule has 1 heterocycles. The molecule has 1 amide bonds. The fourth-order valence-corrected chi connectivity index (χ4v) is 1.48. The largest absolute Gasteiger partial charge is 0.338 e. The first kappa shape index (κ1) is 13.4. The van der Waals surface area contributed by atoms with Crippen molar-refractivity contribution in [2.45, 2.75) is 13.5 Å². The Bertz CT molecular complexity index is 351. The number of carbonyl (C=O) groups is 1. The summed E-state index contributed by atoms with van der Waals surface area (Å²) in [6, 6.07) is 3.85. The molecule has 0 bridgehead atoms. The van der Waals surface area contributed by atoms with E-state index in [1.807, 2.05) is 24.0 Å². The van der Waals surface area contributed by atoms with Gasteiger partial charge in [-0.25, -0.2) is 0 Å². The minimum atomic E-state index is 0.103. The quantitative estimate of drug-likeness (QED) is 0.568. The standard InChI is InChI=1S/C13H19N3O/c1-3-7-15-10-13(17)16(4-2)11-12-5-8-14-9-6-12/h3,5-6,8-9,15H,1,4,7,10-11H2,2H3. The molecule has 0 aliphatic rings. The average Bonchev–Trinajstić information content (AvgIpc) is 2.37. The van der Waals surface area contributed by atoms with E-state index in [1.54, 1.807) is 18.5 Å². The molecule has 4 heteroatoms. The van der Waals surface area contributed by atoms with E-state index in [0.29, 0.717) is 26.2 Å². The zero-order chi connectivity index (χ0) is 12.5. The fraction of sp³-hybridized carbons (Fsp3) is 0.385. The van der Waals surface area contributed by atoms with Gasteiger partial charge in [-0.05, 0) is 24.6 Å². The Morgan fingerprint density at radius 2 is 2.24 bits per heavy atom. The molecule has 0 aromatic carbocycles. The number of rotatable bonds is 7. The molecule has 1 aromatic heterocycles. The highest BCUT2D eigenvalue weighted by Crippen LogP contribution is 2.02. The Hall–Kier alpha value is -1.68. The van der Waals surface area contributed by atoms with Crippen molar-refractivity contribution in [1.82, 2.24) is 15.2 Å². The van der Waals surface area contributed by atoms with Crippen LogP contribution < -0.4 is 5.32 Å². The Morgan fingerprint density at radius 3 is 2.82 bits per heavy atom. The van der Waals surface area contributed by atoms with Gasteiger partial charge in [-0.15, -0.1) is 6.58 Å². The molecule has 1 N–H and O–H groups in total. The lowest BCUT2D eigenvalue weighted by molar-refractivity contribution is -0.130. The SMILES string of the molecule is C=CCNCC(=O)N(CC)Cc1ccncc1. The number of amides is 1. The Labute approximate surface area is 102 Å². The molecular formula is C13H19N3O. The van der Waals surface area contributed by atoms with Gasteiger partial charge in [0, 0.05) is 32.0 Å². The zero-order valence-electron chi connectivity index (χ0n) is 10.2. The lowest BCUT2D eigenvalue weighted by Gasteiger charge is -2.21. The average molecular weight is 233 g/mol. The number of pyridine rings is 1. The number of carbonyl (C=O) groups excluding carboxylic acids is 1. The van der Waals surface area contributed by atoms with E-state index in [4.69, 9.17) is 0 Å². The fourth-order valence-electron chi connectivity index (χ4n) is 1.48. The highest BCUT2D eigenvalue weighted by atomic mass is 16.2. The summed E-state index contributed by atoms with van der Waals surface area (Å²) >= 11 is 0. The Balaban J connectivity index is 2.47. The molecule has 0 aliphatic carbocycles. The first-order valence-corrected chi connectivity index (χ1v) is 5.76. The van der Waals surface area contributed by atoms with Gasteiger partial charge in [0.1, 0.15) is 0 Å². The van der Waals surface area contributed by atoms with Crippen LogP contribution in [0.15, 0.2) is 37.2 Å². The van der Waals surface area contributed by atoms with E-state index in [-0.39, 0.29) is 5.91 Å². The summed E-state index contributed by atoms with van der Waals surface area (Å²) in [5.41, 5.74) is 1.10. The molecule has 0 aliphatic heterocycles. The minimum absolute atomic E-state index is 0.103. The van der Waals surface area contributed by atoms with E-state index in [9.17, 15) is 4.79 Å². The van der Waals surface area contributed by atoms with Crippen molar-refractivity contribution in [2.75, 3.05) is 19.6 Å². The lowest BCUT2D eigenvalue weighted by atomic mass is 10.2. The normalized spacial score (nSPS) is 9.94. The molecule has 92 valence electrons. The smallest absolute Gasteiger partial charge is 0.236 e. The van der Waals surface area contributed by atoms with Crippen LogP contribution in [-0.4, -0.2) is 35.4 Å². The summed E-state index contributed by atoms with van der Waals surface area (Å²) in [7, 11) is 0. The van der Waals surface area contributed by atoms with Crippen LogP contribution in [-0.2, 0) is 11.3 Å². The molecule has 0 fully saturated rings. The molecule has 1 rings (SSSR count). The van der Waals surface area contributed by atoms with Crippen LogP contribution in [0.3, 0.4) is 0 Å². The molecular weight excluding hydrogens is 214 g/mol. The molecule has 0 atom stereocenters. The summed E-state index contributed by atoms with van der Waals surface area (Å²) in [4.78, 5) is 17.6. The van der Waals surface area contributed by atoms with Gasteiger partial charge in [0.05, 0.1) is 6.54 Å². The second kappa shape index (κ2) is 7.57. The molecule has 0 spiro atoms. The Morgan fingerprint density at radius 1 is 1.53 bits per heavy atom. The summed E-state index contributed by atoms with van der Waals surface area (Å²) in [6.07, 6.45) is 5.22. The van der Waals surface area contributed by atoms with Crippen molar-refractivity contribution in [1.29, 1.82) is 0 Å². The van der Waals surface area contributed by atoms with Crippen LogP contribution in [0.4, 0.5) is 0 Å². The third-order valence-electron chi connectivity index (χ3n) is 2.42. The molecule has 0 saturated heterocycles. The van der Waals surface area contributed by atoms with Gasteiger partial charge in [-0.1, -0.05) is 6.08 Å². The number of likely N-dealkylation sites (N-methyl/N-ethyl adjacent to an activating group) is 1. The van der Waals surface area contributed by atoms with Crippen LogP contribution in [0.1, 0.15) is 12.5 Å². The van der Waals surface area contributed by atoms with E-state index >= 15 is 0 Å². The number of aromatic nitrogens is 1. The summed E-state index contributed by atoms with van der Waals surface area (Å²) in [5.74, 6) is 0.103. The van der Waals surface area contributed by atoms with Gasteiger partial charge in [-0.2, -0.15) is 0 Å². The van der Waals surface area contributed by atoms with Gasteiger partial charge in [-0.3, -0.25) is 9.78 Å². The van der Waals surface area contributed by atoms with Gasteiger partial charge < -0.3 is 10.2 Å². The van der Waals surface area contributed by atoms with E-state index in [0.717, 1.165) is 5.56 Å². The summed E-state index contributed by atoms with van der Waals surface area (Å²) in [6.45, 7) is 7.92. The summed E-state index contributed by atoms with van der Waals surface area (Å²) in [5, 5.41) is 3.01. The minimum Gasteiger partial charge on any atom is -0.338 e. The molecule has 0 unspecified atom stereocenters. The first-order chi connectivity index (χ1) is 8.27. The highest BCUT2D eigenvalue weighted by Gasteiger charge is 2.10. The van der Waals surface area contributed by atoms with Crippen LogP contribution in [0.25, 0.3) is 0 Å². The van der Waals surface area contributed by atoms with Crippen LogP contribution in [0.5, 0.6) is 0 Å². The maximum Gasteiger partial charge on any atom is 0.236 e. The number of hydrogen-bond donors (Lipinski definition) is 1. The topological polar surface area (TPSA) is 45.2 Å². The van der Waals surface area contributed by atoms with Gasteiger partial charge in [0.25, 0.3) is 0 Å². The second-order valence-corrected chi connectivity index (χ2v) is 3.68. The molecule has 0 saturated carbocycles. The van der Waals surface area contributed by atoms with E-state index in [2.05, 4.69) is 16.9 Å². The second-order valence-electron chi connectivity index (χ2n) is 3.68. The molecule has 17 heavy (non-hydrogen) atoms. The third kappa shape index (κ3) is 4.78. The van der Waals surface area contributed by atoms with Crippen molar-refractivity contribution in [3.63, 3.8) is 0 Å². The maximum atomic E-state index is 11.9. The van der Waals surface area contributed by atoms with Gasteiger partial charge in [0.15, 0.2) is 0 Å². The number of nitrogens with zero attached hydrogens (tertiary/aromatic N) is 2. The van der Waals surface area contributed by atoms with Crippen molar-refractivity contribution in [3.05, 3.63) is 42.7 Å². The summed E-state index contributed by atoms with van der Waals surface area (Å²) < 4.78 is 0. The van der Waals surface area contributed by atoms with Crippen molar-refractivity contribution in [2.24, 2.45) is 0 Å². The van der Waals surface area contributed by atoms with E-state index < -0.39 is 0 Å². The highest BCUT2D eigenvalue weighted by molar-refractivity contribution is 5.78. The number of hydrogen-bond acceptors (Lipinski definition) is 3. The van der Waals surface area contributed by atoms with Crippen LogP contribution in [0.2, 0.25) is 0 Å². The van der Waals surface area contributed by atoms with Crippen molar-refractivity contribution >= 4 is 5.91 Å². The molecule has 0 radical (unpaired) electrons. The third-order valence-corrected chi connectivity index (χ3v) is 2.42. The van der Waals surface area contributed by atoms with Crippen molar-refractivity contribution in [3.8, 4) is 0 Å². The monoisotopic (exact) mass is 233 g/mol. The maximum absolute atomic E-state index is 11.9. The molecule has 4 nitrogen and oxygen atoms in total. The van der Waals surface area contributed by atoms with Crippen LogP contribution >= 0.6 is 0 Å². The number of nitrogens with one attached hydrogen (secondary N) is 1. The zero-order valence-corrected chi connectivity index (χ0v) is 10.2. The lowest BCUT2D eigenvalue weighted by Crippen LogP contribution is -2.37. The predicted octanol–water partition coefficient (Wildman–Crippen LogP) is 1.21.